The van der Waals surface area contributed by atoms with E-state index in [-0.39, 0.29) is 5.41 Å². The molecule has 2 N–H and O–H groups in total. The molecule has 0 amide bonds. The second-order valence-corrected chi connectivity index (χ2v) is 11.2. The Morgan fingerprint density at radius 3 is 2.66 bits per heavy atom. The van der Waals surface area contributed by atoms with E-state index in [1.165, 1.54) is 6.20 Å². The van der Waals surface area contributed by atoms with E-state index in [2.05, 4.69) is 58.8 Å². The Kier molecular flexibility index (Phi) is 6.35. The number of hydrogen-bond acceptors (Lipinski definition) is 7. The summed E-state index contributed by atoms with van der Waals surface area (Å²) in [6, 6.07) is 12.0. The molecule has 5 rings (SSSR count). The molecule has 1 atom stereocenters. The van der Waals surface area contributed by atoms with E-state index in [0.717, 1.165) is 12.8 Å². The van der Waals surface area contributed by atoms with Crippen LogP contribution < -0.4 is 10.6 Å². The molecule has 4 aromatic rings. The van der Waals surface area contributed by atoms with Crippen molar-refractivity contribution >= 4 is 33.9 Å². The second-order valence-electron chi connectivity index (χ2n) is 10.8. The average molecular weight is 526 g/mol. The lowest BCUT2D eigenvalue weighted by Gasteiger charge is -2.23. The summed E-state index contributed by atoms with van der Waals surface area (Å²) < 4.78 is 11.5. The predicted molar refractivity (Wildman–Crippen MR) is 149 cm³/mol. The largest absolute Gasteiger partial charge is 0.383 e. The molecule has 38 heavy (non-hydrogen) atoms. The van der Waals surface area contributed by atoms with Crippen LogP contribution in [0.1, 0.15) is 75.0 Å². The van der Waals surface area contributed by atoms with Gasteiger partial charge in [-0.15, -0.1) is 5.10 Å². The van der Waals surface area contributed by atoms with Crippen LogP contribution in [0.25, 0.3) is 10.9 Å². The Labute approximate surface area is 228 Å². The summed E-state index contributed by atoms with van der Waals surface area (Å²) in [6.45, 7) is 8.78. The van der Waals surface area contributed by atoms with E-state index in [0.29, 0.717) is 67.8 Å². The normalized spacial score (nSPS) is 15.3. The number of hydrogen-bond donors (Lipinski definition) is 2. The molecule has 1 saturated carbocycles. The molecule has 1 aliphatic carbocycles. The minimum Gasteiger partial charge on any atom is -0.383 e. The van der Waals surface area contributed by atoms with Gasteiger partial charge in [0.1, 0.15) is 11.8 Å². The van der Waals surface area contributed by atoms with Crippen LogP contribution in [0.2, 0.25) is 5.02 Å². The molecule has 1 fully saturated rings. The maximum atomic E-state index is 9.81. The van der Waals surface area contributed by atoms with Crippen molar-refractivity contribution in [2.75, 3.05) is 17.2 Å². The topological polar surface area (TPSA) is 115 Å². The van der Waals surface area contributed by atoms with Crippen molar-refractivity contribution in [2.45, 2.75) is 52.6 Å². The Morgan fingerprint density at radius 1 is 1.21 bits per heavy atom. The van der Waals surface area contributed by atoms with Gasteiger partial charge in [0.2, 0.25) is 0 Å². The fourth-order valence-electron chi connectivity index (χ4n) is 4.31. The third-order valence-electron chi connectivity index (χ3n) is 6.52. The molecule has 2 aromatic heterocycles. The smallest absolute Gasteiger partial charge is 0.109 e. The number of nitrogens with one attached hydrogen (secondary N) is 2. The summed E-state index contributed by atoms with van der Waals surface area (Å²) in [7, 11) is 0. The van der Waals surface area contributed by atoms with E-state index in [4.69, 9.17) is 11.6 Å². The lowest BCUT2D eigenvalue weighted by molar-refractivity contribution is 0.443. The molecule has 0 saturated heterocycles. The first-order valence-corrected chi connectivity index (χ1v) is 12.9. The van der Waals surface area contributed by atoms with Crippen LogP contribution in [0, 0.1) is 35.0 Å². The number of pyridine rings is 1. The Morgan fingerprint density at radius 2 is 1.97 bits per heavy atom. The molecule has 1 aliphatic rings. The number of benzene rings is 2. The van der Waals surface area contributed by atoms with Gasteiger partial charge in [0, 0.05) is 23.8 Å². The van der Waals surface area contributed by atoms with Crippen molar-refractivity contribution in [3.05, 3.63) is 75.7 Å². The molecule has 0 bridgehead atoms. The molecule has 192 valence electrons. The zero-order valence-corrected chi connectivity index (χ0v) is 22.6. The van der Waals surface area contributed by atoms with E-state index in [1.54, 1.807) is 29.1 Å². The molecule has 8 nitrogen and oxygen atoms in total. The van der Waals surface area contributed by atoms with E-state index < -0.39 is 6.02 Å². The van der Waals surface area contributed by atoms with Crippen LogP contribution in [-0.4, -0.2) is 26.5 Å². The zero-order chi connectivity index (χ0) is 27.9. The minimum absolute atomic E-state index is 0.0328. The fraction of sp³-hybridized carbons (Fsp3) is 0.345. The van der Waals surface area contributed by atoms with Gasteiger partial charge in [0.25, 0.3) is 0 Å². The number of anilines is 2. The van der Waals surface area contributed by atoms with Crippen molar-refractivity contribution in [1.82, 2.24) is 20.0 Å². The highest BCUT2D eigenvalue weighted by molar-refractivity contribution is 6.35. The van der Waals surface area contributed by atoms with Gasteiger partial charge >= 0.3 is 0 Å². The summed E-state index contributed by atoms with van der Waals surface area (Å²) in [6.07, 6.45) is 5.38. The van der Waals surface area contributed by atoms with Gasteiger partial charge in [-0.25, -0.2) is 4.68 Å². The Balaban J connectivity index is 1.67. The lowest BCUT2D eigenvalue weighted by atomic mass is 9.95. The van der Waals surface area contributed by atoms with Crippen molar-refractivity contribution in [2.24, 2.45) is 5.41 Å². The van der Waals surface area contributed by atoms with Gasteiger partial charge in [0.15, 0.2) is 0 Å². The molecular weight excluding hydrogens is 496 g/mol. The first-order chi connectivity index (χ1) is 18.5. The number of aromatic nitrogens is 4. The maximum absolute atomic E-state index is 9.81. The second kappa shape index (κ2) is 9.96. The molecule has 0 aliphatic heterocycles. The van der Waals surface area contributed by atoms with Crippen LogP contribution in [0.15, 0.2) is 42.7 Å². The van der Waals surface area contributed by atoms with Gasteiger partial charge in [-0.3, -0.25) is 4.98 Å². The summed E-state index contributed by atoms with van der Waals surface area (Å²) in [5, 5.41) is 36.0. The summed E-state index contributed by atoms with van der Waals surface area (Å²) in [5.74, 6) is 0. The molecule has 2 aromatic carbocycles. The van der Waals surface area contributed by atoms with Crippen LogP contribution >= 0.6 is 11.6 Å². The number of nitrogens with zero attached hydrogens (tertiary/aromatic N) is 6. The number of halogens is 1. The number of rotatable bonds is 7. The highest BCUT2D eigenvalue weighted by Crippen LogP contribution is 2.38. The maximum Gasteiger partial charge on any atom is 0.109 e. The lowest BCUT2D eigenvalue weighted by Crippen LogP contribution is -2.20. The third-order valence-corrected chi connectivity index (χ3v) is 6.81. The van der Waals surface area contributed by atoms with Crippen LogP contribution in [0.3, 0.4) is 0 Å². The van der Waals surface area contributed by atoms with E-state index >= 15 is 0 Å². The van der Waals surface area contributed by atoms with Gasteiger partial charge in [-0.05, 0) is 54.5 Å². The van der Waals surface area contributed by atoms with E-state index in [9.17, 15) is 11.9 Å². The highest BCUT2D eigenvalue weighted by atomic mass is 35.5. The standard InChI is InChI=1S/C29H29ClN8/c1-17-18(12-31)6-5-7-22(17)28(25-15-38(37-36-25)21-8-9-21)35-20-10-23-26(34-16-29(2,3)4)19(13-32)14-33-27(23)24(30)11-20/h5-7,10-11,14-15,21,28,35H,8-9,16H2,1-4H3,(H,33,34)/t28-/m0/s1/i28D. The van der Waals surface area contributed by atoms with Crippen molar-refractivity contribution in [1.29, 1.82) is 10.5 Å². The molecular formula is C29H29ClN8. The summed E-state index contributed by atoms with van der Waals surface area (Å²) in [4.78, 5) is 4.45. The monoisotopic (exact) mass is 525 g/mol. The first kappa shape index (κ1) is 24.2. The SMILES string of the molecule is [2H][C@@](Nc1cc(Cl)c2ncc(C#N)c(NCC(C)(C)C)c2c1)(c1cn(C2CC2)nn1)c1cccc(C#N)c1C. The van der Waals surface area contributed by atoms with Crippen molar-refractivity contribution < 1.29 is 1.37 Å². The summed E-state index contributed by atoms with van der Waals surface area (Å²) in [5.41, 5.74) is 4.24. The minimum atomic E-state index is -1.58. The van der Waals surface area contributed by atoms with Crippen LogP contribution in [0.5, 0.6) is 0 Å². The summed E-state index contributed by atoms with van der Waals surface area (Å²) >= 11 is 6.72. The number of fused-ring (bicyclic) bond motifs is 1. The Bertz CT molecular complexity index is 1660. The molecule has 2 heterocycles. The van der Waals surface area contributed by atoms with Crippen LogP contribution in [0.4, 0.5) is 11.4 Å². The molecule has 0 spiro atoms. The molecule has 0 unspecified atom stereocenters. The molecule has 0 radical (unpaired) electrons. The highest BCUT2D eigenvalue weighted by Gasteiger charge is 2.28. The first-order valence-electron chi connectivity index (χ1n) is 13.0. The van der Waals surface area contributed by atoms with Crippen molar-refractivity contribution in [3.8, 4) is 12.1 Å². The zero-order valence-electron chi connectivity index (χ0n) is 22.8. The van der Waals surface area contributed by atoms with E-state index in [1.807, 2.05) is 19.1 Å². The van der Waals surface area contributed by atoms with Gasteiger partial charge in [-0.1, -0.05) is 49.7 Å². The van der Waals surface area contributed by atoms with Gasteiger partial charge in [0.05, 0.1) is 53.1 Å². The average Bonchev–Trinajstić information content (AvgIpc) is 3.62. The Hall–Kier alpha value is -4.14. The molecule has 9 heteroatoms. The third kappa shape index (κ3) is 5.14. The quantitative estimate of drug-likeness (QED) is 0.282. The van der Waals surface area contributed by atoms with Crippen LogP contribution in [-0.2, 0) is 0 Å². The van der Waals surface area contributed by atoms with Gasteiger partial charge in [-0.2, -0.15) is 10.5 Å². The van der Waals surface area contributed by atoms with Gasteiger partial charge < -0.3 is 10.6 Å². The predicted octanol–water partition coefficient (Wildman–Crippen LogP) is 6.53. The fourth-order valence-corrected chi connectivity index (χ4v) is 4.58. The van der Waals surface area contributed by atoms with Crippen molar-refractivity contribution in [3.63, 3.8) is 0 Å². The number of nitriles is 2.